The summed E-state index contributed by atoms with van der Waals surface area (Å²) in [5.74, 6) is -0.415. The van der Waals surface area contributed by atoms with Crippen molar-refractivity contribution in [3.63, 3.8) is 0 Å². The quantitative estimate of drug-likeness (QED) is 0.620. The SMILES string of the molecule is CCCCN(CCC(=O)O)CC(=O)NCC(C)C. The maximum absolute atomic E-state index is 11.7. The number of amides is 1. The Labute approximate surface area is 110 Å². The Morgan fingerprint density at radius 1 is 1.28 bits per heavy atom. The number of nitrogens with one attached hydrogen (secondary N) is 1. The number of carbonyl (C=O) groups is 2. The molecule has 0 aromatic heterocycles. The van der Waals surface area contributed by atoms with Crippen molar-refractivity contribution in [1.29, 1.82) is 0 Å². The highest BCUT2D eigenvalue weighted by atomic mass is 16.4. The van der Waals surface area contributed by atoms with Gasteiger partial charge in [-0.2, -0.15) is 0 Å². The van der Waals surface area contributed by atoms with Gasteiger partial charge in [-0.15, -0.1) is 0 Å². The smallest absolute Gasteiger partial charge is 0.304 e. The number of carboxylic acids is 1. The number of carbonyl (C=O) groups excluding carboxylic acids is 1. The first-order chi connectivity index (χ1) is 8.45. The van der Waals surface area contributed by atoms with Gasteiger partial charge in [0.25, 0.3) is 0 Å². The van der Waals surface area contributed by atoms with Crippen LogP contribution in [0.2, 0.25) is 0 Å². The summed E-state index contributed by atoms with van der Waals surface area (Å²) in [6.07, 6.45) is 2.11. The van der Waals surface area contributed by atoms with Gasteiger partial charge in [0.2, 0.25) is 5.91 Å². The molecule has 0 aromatic rings. The molecule has 0 radical (unpaired) electrons. The van der Waals surface area contributed by atoms with Crippen molar-refractivity contribution in [3.05, 3.63) is 0 Å². The third kappa shape index (κ3) is 10.1. The molecule has 2 N–H and O–H groups in total. The summed E-state index contributed by atoms with van der Waals surface area (Å²) in [5, 5.41) is 11.5. The van der Waals surface area contributed by atoms with E-state index < -0.39 is 5.97 Å². The van der Waals surface area contributed by atoms with E-state index in [4.69, 9.17) is 5.11 Å². The number of rotatable bonds is 10. The van der Waals surface area contributed by atoms with E-state index in [1.807, 2.05) is 18.7 Å². The second-order valence-corrected chi connectivity index (χ2v) is 4.97. The lowest BCUT2D eigenvalue weighted by Gasteiger charge is -2.21. The number of hydrogen-bond donors (Lipinski definition) is 2. The zero-order valence-corrected chi connectivity index (χ0v) is 11.7. The summed E-state index contributed by atoms with van der Waals surface area (Å²) in [6.45, 7) is 8.33. The molecule has 0 saturated carbocycles. The van der Waals surface area contributed by atoms with Crippen LogP contribution in [-0.2, 0) is 9.59 Å². The Balaban J connectivity index is 4.04. The minimum Gasteiger partial charge on any atom is -0.481 e. The van der Waals surface area contributed by atoms with E-state index in [2.05, 4.69) is 12.2 Å². The Bertz CT molecular complexity index is 255. The Hall–Kier alpha value is -1.10. The molecule has 0 fully saturated rings. The molecule has 0 rings (SSSR count). The van der Waals surface area contributed by atoms with Crippen LogP contribution in [0.3, 0.4) is 0 Å². The Kier molecular flexibility index (Phi) is 9.28. The molecule has 0 aliphatic rings. The first kappa shape index (κ1) is 16.9. The molecule has 106 valence electrons. The van der Waals surface area contributed by atoms with Gasteiger partial charge in [0.15, 0.2) is 0 Å². The predicted molar refractivity (Wildman–Crippen MR) is 71.4 cm³/mol. The van der Waals surface area contributed by atoms with Crippen molar-refractivity contribution in [2.75, 3.05) is 26.2 Å². The molecule has 0 bridgehead atoms. The predicted octanol–water partition coefficient (Wildman–Crippen LogP) is 1.34. The molecular weight excluding hydrogens is 232 g/mol. The van der Waals surface area contributed by atoms with Crippen LogP contribution in [0.25, 0.3) is 0 Å². The summed E-state index contributed by atoms with van der Waals surface area (Å²) in [4.78, 5) is 24.1. The second kappa shape index (κ2) is 9.88. The number of nitrogens with zero attached hydrogens (tertiary/aromatic N) is 1. The van der Waals surface area contributed by atoms with Gasteiger partial charge in [0, 0.05) is 13.1 Å². The van der Waals surface area contributed by atoms with E-state index in [1.54, 1.807) is 0 Å². The minimum atomic E-state index is -0.820. The standard InChI is InChI=1S/C13H26N2O3/c1-4-5-7-15(8-6-13(17)18)10-12(16)14-9-11(2)3/h11H,4-10H2,1-3H3,(H,14,16)(H,17,18). The highest BCUT2D eigenvalue weighted by Crippen LogP contribution is 1.97. The summed E-state index contributed by atoms with van der Waals surface area (Å²) in [5.41, 5.74) is 0. The van der Waals surface area contributed by atoms with Gasteiger partial charge in [-0.25, -0.2) is 0 Å². The normalized spacial score (nSPS) is 10.9. The Morgan fingerprint density at radius 3 is 2.44 bits per heavy atom. The molecule has 0 atom stereocenters. The van der Waals surface area contributed by atoms with Gasteiger partial charge in [0.1, 0.15) is 0 Å². The molecule has 5 nitrogen and oxygen atoms in total. The molecule has 18 heavy (non-hydrogen) atoms. The van der Waals surface area contributed by atoms with Crippen molar-refractivity contribution in [1.82, 2.24) is 10.2 Å². The lowest BCUT2D eigenvalue weighted by atomic mass is 10.2. The summed E-state index contributed by atoms with van der Waals surface area (Å²) in [7, 11) is 0. The molecule has 0 unspecified atom stereocenters. The largest absolute Gasteiger partial charge is 0.481 e. The molecule has 0 spiro atoms. The van der Waals surface area contributed by atoms with Gasteiger partial charge in [0.05, 0.1) is 13.0 Å². The average Bonchev–Trinajstić information content (AvgIpc) is 2.29. The van der Waals surface area contributed by atoms with Crippen LogP contribution in [0.5, 0.6) is 0 Å². The van der Waals surface area contributed by atoms with E-state index in [-0.39, 0.29) is 12.3 Å². The third-order valence-corrected chi connectivity index (χ3v) is 2.54. The fourth-order valence-corrected chi connectivity index (χ4v) is 1.48. The van der Waals surface area contributed by atoms with Crippen LogP contribution in [0.4, 0.5) is 0 Å². The maximum Gasteiger partial charge on any atom is 0.304 e. The molecule has 0 aliphatic heterocycles. The van der Waals surface area contributed by atoms with Crippen molar-refractivity contribution in [2.45, 2.75) is 40.0 Å². The number of carboxylic acid groups (broad SMARTS) is 1. The minimum absolute atomic E-state index is 0.0230. The van der Waals surface area contributed by atoms with Gasteiger partial charge >= 0.3 is 5.97 Å². The van der Waals surface area contributed by atoms with Gasteiger partial charge < -0.3 is 10.4 Å². The first-order valence-electron chi connectivity index (χ1n) is 6.66. The zero-order chi connectivity index (χ0) is 14.0. The molecular formula is C13H26N2O3. The highest BCUT2D eigenvalue weighted by molar-refractivity contribution is 5.78. The average molecular weight is 258 g/mol. The van der Waals surface area contributed by atoms with Crippen LogP contribution >= 0.6 is 0 Å². The first-order valence-corrected chi connectivity index (χ1v) is 6.66. The molecule has 1 amide bonds. The van der Waals surface area contributed by atoms with Crippen LogP contribution in [0, 0.1) is 5.92 Å². The molecule has 0 heterocycles. The summed E-state index contributed by atoms with van der Waals surface area (Å²) >= 11 is 0. The zero-order valence-electron chi connectivity index (χ0n) is 11.7. The van der Waals surface area contributed by atoms with Gasteiger partial charge in [-0.1, -0.05) is 27.2 Å². The lowest BCUT2D eigenvalue weighted by Crippen LogP contribution is -2.39. The molecule has 5 heteroatoms. The fourth-order valence-electron chi connectivity index (χ4n) is 1.48. The van der Waals surface area contributed by atoms with Gasteiger partial charge in [-0.05, 0) is 18.9 Å². The monoisotopic (exact) mass is 258 g/mol. The number of hydrogen-bond acceptors (Lipinski definition) is 3. The van der Waals surface area contributed by atoms with E-state index >= 15 is 0 Å². The lowest BCUT2D eigenvalue weighted by molar-refractivity contribution is -0.137. The fraction of sp³-hybridized carbons (Fsp3) is 0.846. The van der Waals surface area contributed by atoms with E-state index in [9.17, 15) is 9.59 Å². The van der Waals surface area contributed by atoms with Crippen molar-refractivity contribution >= 4 is 11.9 Å². The van der Waals surface area contributed by atoms with Gasteiger partial charge in [-0.3, -0.25) is 14.5 Å². The summed E-state index contributed by atoms with van der Waals surface area (Å²) < 4.78 is 0. The number of aliphatic carboxylic acids is 1. The summed E-state index contributed by atoms with van der Waals surface area (Å²) in [6, 6.07) is 0. The van der Waals surface area contributed by atoms with Crippen molar-refractivity contribution < 1.29 is 14.7 Å². The van der Waals surface area contributed by atoms with Crippen LogP contribution in [0.15, 0.2) is 0 Å². The third-order valence-electron chi connectivity index (χ3n) is 2.54. The van der Waals surface area contributed by atoms with E-state index in [0.717, 1.165) is 19.4 Å². The molecule has 0 aliphatic carbocycles. The van der Waals surface area contributed by atoms with Crippen LogP contribution in [0.1, 0.15) is 40.0 Å². The van der Waals surface area contributed by atoms with Crippen LogP contribution in [-0.4, -0.2) is 48.1 Å². The van der Waals surface area contributed by atoms with E-state index in [1.165, 1.54) is 0 Å². The second-order valence-electron chi connectivity index (χ2n) is 4.97. The van der Waals surface area contributed by atoms with Crippen LogP contribution < -0.4 is 5.32 Å². The molecule has 0 saturated heterocycles. The maximum atomic E-state index is 11.7. The number of unbranched alkanes of at least 4 members (excludes halogenated alkanes) is 1. The molecule has 0 aromatic carbocycles. The topological polar surface area (TPSA) is 69.6 Å². The van der Waals surface area contributed by atoms with Crippen molar-refractivity contribution in [3.8, 4) is 0 Å². The van der Waals surface area contributed by atoms with Crippen molar-refractivity contribution in [2.24, 2.45) is 5.92 Å². The highest BCUT2D eigenvalue weighted by Gasteiger charge is 2.11. The van der Waals surface area contributed by atoms with E-state index in [0.29, 0.717) is 25.6 Å². The Morgan fingerprint density at radius 2 is 1.94 bits per heavy atom.